The predicted octanol–water partition coefficient (Wildman–Crippen LogP) is 2.99. The molecule has 6 heteroatoms. The number of aromatic nitrogens is 3. The van der Waals surface area contributed by atoms with E-state index >= 15 is 0 Å². The summed E-state index contributed by atoms with van der Waals surface area (Å²) in [5, 5.41) is 17.3. The van der Waals surface area contributed by atoms with Gasteiger partial charge in [-0.05, 0) is 49.4 Å². The Hall–Kier alpha value is -2.88. The Morgan fingerprint density at radius 3 is 2.79 bits per heavy atom. The van der Waals surface area contributed by atoms with E-state index in [0.29, 0.717) is 23.7 Å². The number of nitrogens with one attached hydrogen (secondary N) is 1. The van der Waals surface area contributed by atoms with Gasteiger partial charge in [-0.15, -0.1) is 0 Å². The molecule has 2 aromatic heterocycles. The minimum atomic E-state index is -0.624. The van der Waals surface area contributed by atoms with Gasteiger partial charge in [-0.1, -0.05) is 17.0 Å². The fourth-order valence-electron chi connectivity index (χ4n) is 4.28. The van der Waals surface area contributed by atoms with Gasteiger partial charge in [0, 0.05) is 48.6 Å². The van der Waals surface area contributed by atoms with E-state index < -0.39 is 6.10 Å². The summed E-state index contributed by atoms with van der Waals surface area (Å²) < 4.78 is 7.39. The zero-order valence-electron chi connectivity index (χ0n) is 16.4. The Morgan fingerprint density at radius 2 is 2.10 bits per heavy atom. The summed E-state index contributed by atoms with van der Waals surface area (Å²) in [6, 6.07) is 10.0. The Morgan fingerprint density at radius 1 is 1.31 bits per heavy atom. The molecule has 1 saturated carbocycles. The first-order valence-corrected chi connectivity index (χ1v) is 10.1. The van der Waals surface area contributed by atoms with E-state index in [1.54, 1.807) is 13.1 Å². The molecule has 0 amide bonds. The molecule has 3 heterocycles. The molecule has 1 aliphatic carbocycles. The quantitative estimate of drug-likeness (QED) is 0.672. The van der Waals surface area contributed by atoms with Crippen molar-refractivity contribution in [3.8, 4) is 23.2 Å². The molecule has 1 saturated heterocycles. The molecule has 2 aliphatic rings. The van der Waals surface area contributed by atoms with Gasteiger partial charge in [0.1, 0.15) is 17.6 Å². The molecule has 148 valence electrons. The second-order valence-corrected chi connectivity index (χ2v) is 8.33. The molecule has 3 aromatic rings. The molecule has 0 bridgehead atoms. The minimum absolute atomic E-state index is 0.506. The Bertz CT molecular complexity index is 1060. The van der Waals surface area contributed by atoms with Crippen molar-refractivity contribution >= 4 is 0 Å². The fourth-order valence-corrected chi connectivity index (χ4v) is 4.28. The molecule has 1 spiro atoms. The third kappa shape index (κ3) is 3.59. The highest BCUT2D eigenvalue weighted by atomic mass is 16.5. The summed E-state index contributed by atoms with van der Waals surface area (Å²) in [6.45, 7) is 4.54. The number of aliphatic hydroxyl groups is 1. The maximum atomic E-state index is 9.78. The highest BCUT2D eigenvalue weighted by Crippen LogP contribution is 2.47. The smallest absolute Gasteiger partial charge is 0.167 e. The summed E-state index contributed by atoms with van der Waals surface area (Å²) in [6.07, 6.45) is 5.35. The summed E-state index contributed by atoms with van der Waals surface area (Å²) in [7, 11) is 0. The molecule has 0 radical (unpaired) electrons. The maximum Gasteiger partial charge on any atom is 0.167 e. The van der Waals surface area contributed by atoms with Crippen LogP contribution in [0.4, 0.5) is 0 Å². The van der Waals surface area contributed by atoms with Crippen LogP contribution < -0.4 is 5.32 Å². The van der Waals surface area contributed by atoms with E-state index in [2.05, 4.69) is 27.3 Å². The van der Waals surface area contributed by atoms with E-state index in [9.17, 15) is 5.11 Å². The normalized spacial score (nSPS) is 18.6. The Balaban J connectivity index is 1.23. The number of aliphatic hydroxyl groups excluding tert-OH is 1. The predicted molar refractivity (Wildman–Crippen MR) is 109 cm³/mol. The molecular formula is C23H24N4O2. The molecule has 5 rings (SSSR count). The lowest BCUT2D eigenvalue weighted by Gasteiger charge is -2.53. The van der Waals surface area contributed by atoms with E-state index in [-0.39, 0.29) is 0 Å². The first-order valence-electron chi connectivity index (χ1n) is 10.1. The van der Waals surface area contributed by atoms with E-state index in [0.717, 1.165) is 22.6 Å². The highest BCUT2D eigenvalue weighted by Gasteiger charge is 2.47. The molecule has 1 aliphatic heterocycles. The van der Waals surface area contributed by atoms with Gasteiger partial charge in [0.05, 0.1) is 6.54 Å². The minimum Gasteiger partial charge on any atom is -0.385 e. The first-order chi connectivity index (χ1) is 14.1. The second kappa shape index (κ2) is 7.18. The topological polar surface area (TPSA) is 76.1 Å². The lowest BCUT2D eigenvalue weighted by Crippen LogP contribution is -2.59. The van der Waals surface area contributed by atoms with Gasteiger partial charge in [-0.2, -0.15) is 0 Å². The SMILES string of the molecule is C[C@H](O)c1nccn1Cc1cc(-c2ccc(C#CC3CC4(CNC4)C3)cc2)on1. The van der Waals surface area contributed by atoms with Gasteiger partial charge < -0.3 is 19.5 Å². The molecule has 1 atom stereocenters. The van der Waals surface area contributed by atoms with Crippen LogP contribution in [0, 0.1) is 23.2 Å². The van der Waals surface area contributed by atoms with E-state index in [1.807, 2.05) is 41.1 Å². The molecule has 0 unspecified atom stereocenters. The van der Waals surface area contributed by atoms with Crippen molar-refractivity contribution in [2.45, 2.75) is 32.4 Å². The monoisotopic (exact) mass is 388 g/mol. The third-order valence-corrected chi connectivity index (χ3v) is 5.96. The van der Waals surface area contributed by atoms with Gasteiger partial charge in [0.25, 0.3) is 0 Å². The number of hydrogen-bond acceptors (Lipinski definition) is 5. The average molecular weight is 388 g/mol. The van der Waals surface area contributed by atoms with Gasteiger partial charge in [-0.3, -0.25) is 0 Å². The summed E-state index contributed by atoms with van der Waals surface area (Å²) in [5.41, 5.74) is 3.35. The van der Waals surface area contributed by atoms with Gasteiger partial charge in [-0.25, -0.2) is 4.98 Å². The van der Waals surface area contributed by atoms with Crippen LogP contribution in [0.5, 0.6) is 0 Å². The average Bonchev–Trinajstić information content (AvgIpc) is 3.30. The number of benzene rings is 1. The van der Waals surface area contributed by atoms with Crippen molar-refractivity contribution in [2.24, 2.45) is 11.3 Å². The Labute approximate surface area is 169 Å². The lowest BCUT2D eigenvalue weighted by molar-refractivity contribution is 0.0266. The van der Waals surface area contributed by atoms with Crippen molar-refractivity contribution in [2.75, 3.05) is 13.1 Å². The maximum absolute atomic E-state index is 9.78. The molecular weight excluding hydrogens is 364 g/mol. The number of nitrogens with zero attached hydrogens (tertiary/aromatic N) is 3. The summed E-state index contributed by atoms with van der Waals surface area (Å²) in [5.74, 6) is 8.61. The van der Waals surface area contributed by atoms with Crippen LogP contribution in [0.15, 0.2) is 47.2 Å². The van der Waals surface area contributed by atoms with Crippen LogP contribution in [-0.2, 0) is 6.54 Å². The van der Waals surface area contributed by atoms with Crippen LogP contribution in [-0.4, -0.2) is 32.9 Å². The van der Waals surface area contributed by atoms with E-state index in [4.69, 9.17) is 4.52 Å². The summed E-state index contributed by atoms with van der Waals surface area (Å²) in [4.78, 5) is 4.18. The largest absolute Gasteiger partial charge is 0.385 e. The number of rotatable bonds is 4. The van der Waals surface area contributed by atoms with E-state index in [1.165, 1.54) is 25.9 Å². The van der Waals surface area contributed by atoms with Crippen molar-refractivity contribution < 1.29 is 9.63 Å². The zero-order chi connectivity index (χ0) is 19.8. The van der Waals surface area contributed by atoms with Crippen LogP contribution >= 0.6 is 0 Å². The molecule has 6 nitrogen and oxygen atoms in total. The second-order valence-electron chi connectivity index (χ2n) is 8.33. The summed E-state index contributed by atoms with van der Waals surface area (Å²) >= 11 is 0. The van der Waals surface area contributed by atoms with Crippen molar-refractivity contribution in [3.63, 3.8) is 0 Å². The first kappa shape index (κ1) is 18.2. The molecule has 2 fully saturated rings. The molecule has 2 N–H and O–H groups in total. The van der Waals surface area contributed by atoms with Gasteiger partial charge >= 0.3 is 0 Å². The van der Waals surface area contributed by atoms with Crippen LogP contribution in [0.1, 0.15) is 43.0 Å². The fraction of sp³-hybridized carbons (Fsp3) is 0.391. The number of imidazole rings is 1. The van der Waals surface area contributed by atoms with Crippen LogP contribution in [0.2, 0.25) is 0 Å². The standard InChI is InChI=1S/C23H24N4O2/c1-16(28)22-25-8-9-27(22)13-20-10-21(29-26-20)19-6-4-17(5-7-19)2-3-18-11-23(12-18)14-24-15-23/h4-10,16,18,24,28H,11-15H2,1H3/t16-/m0/s1. The van der Waals surface area contributed by atoms with Crippen molar-refractivity contribution in [3.05, 3.63) is 59.8 Å². The Kier molecular flexibility index (Phi) is 4.50. The highest BCUT2D eigenvalue weighted by molar-refractivity contribution is 5.59. The van der Waals surface area contributed by atoms with Crippen molar-refractivity contribution in [1.29, 1.82) is 0 Å². The number of hydrogen-bond donors (Lipinski definition) is 2. The molecule has 1 aromatic carbocycles. The van der Waals surface area contributed by atoms with Gasteiger partial charge in [0.2, 0.25) is 0 Å². The lowest BCUT2D eigenvalue weighted by atomic mass is 9.59. The van der Waals surface area contributed by atoms with Crippen molar-refractivity contribution in [1.82, 2.24) is 20.0 Å². The molecule has 29 heavy (non-hydrogen) atoms. The zero-order valence-corrected chi connectivity index (χ0v) is 16.4. The van der Waals surface area contributed by atoms with Crippen LogP contribution in [0.25, 0.3) is 11.3 Å². The third-order valence-electron chi connectivity index (χ3n) is 5.96. The van der Waals surface area contributed by atoms with Gasteiger partial charge in [0.15, 0.2) is 5.76 Å². The van der Waals surface area contributed by atoms with Crippen LogP contribution in [0.3, 0.4) is 0 Å².